The van der Waals surface area contributed by atoms with Crippen LogP contribution in [0.2, 0.25) is 0 Å². The molecule has 0 atom stereocenters. The summed E-state index contributed by atoms with van der Waals surface area (Å²) in [6.07, 6.45) is 1.96. The highest BCUT2D eigenvalue weighted by molar-refractivity contribution is 7.98. The van der Waals surface area contributed by atoms with E-state index in [-0.39, 0.29) is 0 Å². The number of pyridine rings is 1. The van der Waals surface area contributed by atoms with Crippen molar-refractivity contribution in [2.45, 2.75) is 10.9 Å². The van der Waals surface area contributed by atoms with Crippen LogP contribution in [0.5, 0.6) is 5.75 Å². The van der Waals surface area contributed by atoms with Gasteiger partial charge in [-0.1, -0.05) is 23.9 Å². The second-order valence-electron chi connectivity index (χ2n) is 4.28. The van der Waals surface area contributed by atoms with Gasteiger partial charge >= 0.3 is 0 Å². The third-order valence-electron chi connectivity index (χ3n) is 2.94. The van der Waals surface area contributed by atoms with Crippen molar-refractivity contribution in [3.8, 4) is 5.75 Å². The zero-order valence-corrected chi connectivity index (χ0v) is 11.8. The predicted octanol–water partition coefficient (Wildman–Crippen LogP) is 2.61. The number of fused-ring (bicyclic) bond motifs is 1. The number of nitrogen functional groups attached to an aromatic ring is 1. The highest BCUT2D eigenvalue weighted by Crippen LogP contribution is 2.26. The monoisotopic (exact) mass is 286 g/mol. The Balaban J connectivity index is 1.78. The van der Waals surface area contributed by atoms with Gasteiger partial charge in [0.15, 0.2) is 10.8 Å². The van der Waals surface area contributed by atoms with Crippen LogP contribution in [0.15, 0.2) is 47.8 Å². The molecule has 0 unspecified atom stereocenters. The maximum Gasteiger partial charge on any atom is 0.195 e. The van der Waals surface area contributed by atoms with Crippen molar-refractivity contribution in [2.24, 2.45) is 0 Å². The summed E-state index contributed by atoms with van der Waals surface area (Å²) in [5.41, 5.74) is 8.53. The first-order valence-electron chi connectivity index (χ1n) is 6.13. The molecule has 0 fully saturated rings. The molecule has 5 nitrogen and oxygen atoms in total. The number of thioether (sulfide) groups is 1. The van der Waals surface area contributed by atoms with Gasteiger partial charge in [-0.05, 0) is 29.8 Å². The lowest BCUT2D eigenvalue weighted by Crippen LogP contribution is -1.94. The largest absolute Gasteiger partial charge is 0.495 e. The lowest BCUT2D eigenvalue weighted by molar-refractivity contribution is 0.417. The number of hydrogen-bond donors (Lipinski definition) is 1. The highest BCUT2D eigenvalue weighted by atomic mass is 32.2. The summed E-state index contributed by atoms with van der Waals surface area (Å²) >= 11 is 1.62. The molecule has 0 aliphatic rings. The molecule has 3 aromatic rings. The average Bonchev–Trinajstić information content (AvgIpc) is 2.88. The summed E-state index contributed by atoms with van der Waals surface area (Å²) in [4.78, 5) is 0. The zero-order chi connectivity index (χ0) is 13.9. The number of aromatic nitrogens is 3. The number of rotatable bonds is 4. The summed E-state index contributed by atoms with van der Waals surface area (Å²) in [6, 6.07) is 11.7. The molecule has 2 N–H and O–H groups in total. The van der Waals surface area contributed by atoms with Gasteiger partial charge in [0, 0.05) is 11.9 Å². The third-order valence-corrected chi connectivity index (χ3v) is 3.96. The first kappa shape index (κ1) is 12.8. The molecule has 2 aromatic heterocycles. The normalized spacial score (nSPS) is 10.8. The van der Waals surface area contributed by atoms with Crippen LogP contribution in [0.4, 0.5) is 5.69 Å². The van der Waals surface area contributed by atoms with Crippen LogP contribution < -0.4 is 10.5 Å². The molecule has 1 aromatic carbocycles. The molecule has 0 saturated heterocycles. The molecule has 0 saturated carbocycles. The number of ether oxygens (including phenoxy) is 1. The van der Waals surface area contributed by atoms with E-state index in [1.807, 2.05) is 47.0 Å². The second kappa shape index (κ2) is 5.42. The van der Waals surface area contributed by atoms with E-state index in [2.05, 4.69) is 10.2 Å². The standard InChI is InChI=1S/C14H14N4OS/c1-19-12-6-5-10(8-11(12)15)9-20-14-17-16-13-4-2-3-7-18(13)14/h2-8H,9,15H2,1H3. The van der Waals surface area contributed by atoms with E-state index in [0.29, 0.717) is 11.4 Å². The molecular formula is C14H14N4OS. The summed E-state index contributed by atoms with van der Waals surface area (Å²) in [5, 5.41) is 9.18. The molecule has 20 heavy (non-hydrogen) atoms. The Hall–Kier alpha value is -2.21. The van der Waals surface area contributed by atoms with Crippen molar-refractivity contribution in [1.82, 2.24) is 14.6 Å². The topological polar surface area (TPSA) is 65.4 Å². The van der Waals surface area contributed by atoms with Crippen LogP contribution in [-0.4, -0.2) is 21.7 Å². The van der Waals surface area contributed by atoms with Crippen molar-refractivity contribution in [2.75, 3.05) is 12.8 Å². The van der Waals surface area contributed by atoms with Gasteiger partial charge in [-0.15, -0.1) is 10.2 Å². The fourth-order valence-corrected chi connectivity index (χ4v) is 2.81. The Morgan fingerprint density at radius 3 is 2.95 bits per heavy atom. The van der Waals surface area contributed by atoms with Gasteiger partial charge in [-0.25, -0.2) is 0 Å². The number of nitrogens with zero attached hydrogens (tertiary/aromatic N) is 3. The lowest BCUT2D eigenvalue weighted by Gasteiger charge is -2.06. The minimum Gasteiger partial charge on any atom is -0.495 e. The molecule has 0 aliphatic carbocycles. The average molecular weight is 286 g/mol. The van der Waals surface area contributed by atoms with E-state index in [1.165, 1.54) is 0 Å². The number of benzene rings is 1. The fraction of sp³-hybridized carbons (Fsp3) is 0.143. The smallest absolute Gasteiger partial charge is 0.195 e. The summed E-state index contributed by atoms with van der Waals surface area (Å²) in [6.45, 7) is 0. The molecule has 0 spiro atoms. The molecule has 102 valence electrons. The third kappa shape index (κ3) is 2.42. The van der Waals surface area contributed by atoms with Crippen LogP contribution in [0.1, 0.15) is 5.56 Å². The van der Waals surface area contributed by atoms with Gasteiger partial charge in [0.2, 0.25) is 0 Å². The van der Waals surface area contributed by atoms with E-state index in [4.69, 9.17) is 10.5 Å². The lowest BCUT2D eigenvalue weighted by atomic mass is 10.2. The molecule has 0 aliphatic heterocycles. The summed E-state index contributed by atoms with van der Waals surface area (Å²) in [7, 11) is 1.61. The van der Waals surface area contributed by atoms with E-state index in [1.54, 1.807) is 18.9 Å². The molecule has 0 bridgehead atoms. The van der Waals surface area contributed by atoms with Crippen molar-refractivity contribution in [3.63, 3.8) is 0 Å². The minimum atomic E-state index is 0.650. The SMILES string of the molecule is COc1ccc(CSc2nnc3ccccn23)cc1N. The number of nitrogens with two attached hydrogens (primary N) is 1. The minimum absolute atomic E-state index is 0.650. The quantitative estimate of drug-likeness (QED) is 0.590. The molecule has 0 amide bonds. The zero-order valence-electron chi connectivity index (χ0n) is 11.0. The van der Waals surface area contributed by atoms with Gasteiger partial charge in [0.05, 0.1) is 12.8 Å². The van der Waals surface area contributed by atoms with E-state index < -0.39 is 0 Å². The fourth-order valence-electron chi connectivity index (χ4n) is 1.94. The molecular weight excluding hydrogens is 272 g/mol. The summed E-state index contributed by atoms with van der Waals surface area (Å²) < 4.78 is 7.12. The Morgan fingerprint density at radius 1 is 1.25 bits per heavy atom. The Morgan fingerprint density at radius 2 is 2.15 bits per heavy atom. The number of anilines is 1. The number of hydrogen-bond acceptors (Lipinski definition) is 5. The van der Waals surface area contributed by atoms with Crippen LogP contribution in [-0.2, 0) is 5.75 Å². The molecule has 6 heteroatoms. The second-order valence-corrected chi connectivity index (χ2v) is 5.22. The molecule has 2 heterocycles. The Bertz CT molecular complexity index is 741. The van der Waals surface area contributed by atoms with E-state index >= 15 is 0 Å². The van der Waals surface area contributed by atoms with Crippen molar-refractivity contribution in [3.05, 3.63) is 48.2 Å². The Kier molecular flexibility index (Phi) is 3.47. The van der Waals surface area contributed by atoms with E-state index in [0.717, 1.165) is 22.1 Å². The molecule has 3 rings (SSSR count). The maximum atomic E-state index is 5.90. The first-order valence-corrected chi connectivity index (χ1v) is 7.11. The van der Waals surface area contributed by atoms with Gasteiger partial charge in [-0.2, -0.15) is 0 Å². The van der Waals surface area contributed by atoms with E-state index in [9.17, 15) is 0 Å². The maximum absolute atomic E-state index is 5.90. The van der Waals surface area contributed by atoms with Gasteiger partial charge < -0.3 is 10.5 Å². The van der Waals surface area contributed by atoms with Crippen LogP contribution >= 0.6 is 11.8 Å². The van der Waals surface area contributed by atoms with Crippen LogP contribution in [0, 0.1) is 0 Å². The first-order chi connectivity index (χ1) is 9.78. The van der Waals surface area contributed by atoms with Gasteiger partial charge in [0.25, 0.3) is 0 Å². The highest BCUT2D eigenvalue weighted by Gasteiger charge is 2.06. The van der Waals surface area contributed by atoms with Crippen LogP contribution in [0.25, 0.3) is 5.65 Å². The van der Waals surface area contributed by atoms with Gasteiger partial charge in [0.1, 0.15) is 5.75 Å². The molecule has 0 radical (unpaired) electrons. The predicted molar refractivity (Wildman–Crippen MR) is 80.0 cm³/mol. The Labute approximate surface area is 120 Å². The van der Waals surface area contributed by atoms with Crippen molar-refractivity contribution in [1.29, 1.82) is 0 Å². The van der Waals surface area contributed by atoms with Crippen LogP contribution in [0.3, 0.4) is 0 Å². The van der Waals surface area contributed by atoms with Crippen molar-refractivity contribution >= 4 is 23.1 Å². The van der Waals surface area contributed by atoms with Crippen molar-refractivity contribution < 1.29 is 4.74 Å². The van der Waals surface area contributed by atoms with Gasteiger partial charge in [-0.3, -0.25) is 4.40 Å². The number of methoxy groups -OCH3 is 1. The summed E-state index contributed by atoms with van der Waals surface area (Å²) in [5.74, 6) is 1.48.